The third-order valence-electron chi connectivity index (χ3n) is 3.17. The Bertz CT molecular complexity index is 411. The number of hydrogen-bond donors (Lipinski definition) is 0. The quantitative estimate of drug-likeness (QED) is 0.720. The monoisotopic (exact) mass is 268 g/mol. The molecule has 17 heavy (non-hydrogen) atoms. The zero-order chi connectivity index (χ0) is 12.3. The summed E-state index contributed by atoms with van der Waals surface area (Å²) in [6, 6.07) is 5.79. The molecule has 0 bridgehead atoms. The number of hydrogen-bond acceptors (Lipinski definition) is 2. The van der Waals surface area contributed by atoms with E-state index in [2.05, 4.69) is 0 Å². The summed E-state index contributed by atoms with van der Waals surface area (Å²) >= 11 is 8.01. The fraction of sp³-hybridized carbons (Fsp3) is 0.500. The lowest BCUT2D eigenvalue weighted by Crippen LogP contribution is -2.07. The highest BCUT2D eigenvalue weighted by atomic mass is 35.5. The molecule has 2 rings (SSSR count). The van der Waals surface area contributed by atoms with Gasteiger partial charge in [-0.05, 0) is 38.0 Å². The van der Waals surface area contributed by atoms with Gasteiger partial charge < -0.3 is 0 Å². The molecule has 0 saturated heterocycles. The fourth-order valence-electron chi connectivity index (χ4n) is 2.23. The predicted molar refractivity (Wildman–Crippen MR) is 74.2 cm³/mol. The summed E-state index contributed by atoms with van der Waals surface area (Å²) in [6.45, 7) is 1.55. The molecule has 1 aromatic carbocycles. The molecule has 92 valence electrons. The van der Waals surface area contributed by atoms with Crippen LogP contribution in [0.25, 0.3) is 0 Å². The normalized spacial score (nSPS) is 17.1. The van der Waals surface area contributed by atoms with E-state index in [1.807, 2.05) is 30.0 Å². The number of benzene rings is 1. The number of carbonyl (C=O) groups is 1. The third kappa shape index (κ3) is 3.49. The summed E-state index contributed by atoms with van der Waals surface area (Å²) in [7, 11) is 0. The fourth-order valence-corrected chi connectivity index (χ4v) is 3.89. The average Bonchev–Trinajstić information content (AvgIpc) is 2.30. The van der Waals surface area contributed by atoms with Crippen LogP contribution < -0.4 is 0 Å². The second kappa shape index (κ2) is 5.92. The Morgan fingerprint density at radius 3 is 2.59 bits per heavy atom. The van der Waals surface area contributed by atoms with Crippen LogP contribution in [0.3, 0.4) is 0 Å². The van der Waals surface area contributed by atoms with Crippen LogP contribution in [0.2, 0.25) is 5.02 Å². The van der Waals surface area contributed by atoms with Crippen molar-refractivity contribution in [1.29, 1.82) is 0 Å². The molecule has 0 heterocycles. The molecule has 0 aliphatic heterocycles. The smallest absolute Gasteiger partial charge is 0.161 e. The van der Waals surface area contributed by atoms with Crippen molar-refractivity contribution in [3.8, 4) is 0 Å². The van der Waals surface area contributed by atoms with Crippen LogP contribution in [0.1, 0.15) is 49.4 Å². The van der Waals surface area contributed by atoms with Gasteiger partial charge in [0.15, 0.2) is 5.78 Å². The summed E-state index contributed by atoms with van der Waals surface area (Å²) < 4.78 is 0. The van der Waals surface area contributed by atoms with Crippen molar-refractivity contribution in [2.75, 3.05) is 0 Å². The Hall–Kier alpha value is -0.470. The highest BCUT2D eigenvalue weighted by Crippen LogP contribution is 2.35. The molecular formula is C14H17ClOS. The van der Waals surface area contributed by atoms with Crippen molar-refractivity contribution in [2.45, 2.75) is 49.2 Å². The van der Waals surface area contributed by atoms with E-state index in [0.717, 1.165) is 5.25 Å². The van der Waals surface area contributed by atoms with Crippen LogP contribution in [-0.4, -0.2) is 11.0 Å². The Labute approximate surface area is 112 Å². The zero-order valence-corrected chi connectivity index (χ0v) is 11.6. The van der Waals surface area contributed by atoms with Gasteiger partial charge >= 0.3 is 0 Å². The molecule has 0 amide bonds. The maximum atomic E-state index is 11.3. The minimum absolute atomic E-state index is 0.0317. The first-order chi connectivity index (χ1) is 8.16. The van der Waals surface area contributed by atoms with Crippen molar-refractivity contribution in [3.05, 3.63) is 28.8 Å². The van der Waals surface area contributed by atoms with Crippen molar-refractivity contribution in [3.63, 3.8) is 0 Å². The average molecular weight is 269 g/mol. The molecule has 1 fully saturated rings. The van der Waals surface area contributed by atoms with E-state index in [1.165, 1.54) is 37.0 Å². The molecule has 3 heteroatoms. The van der Waals surface area contributed by atoms with Gasteiger partial charge in [0.25, 0.3) is 0 Å². The van der Waals surface area contributed by atoms with Crippen molar-refractivity contribution >= 4 is 29.1 Å². The minimum Gasteiger partial charge on any atom is -0.294 e. The summed E-state index contributed by atoms with van der Waals surface area (Å²) in [5, 5.41) is 1.31. The van der Waals surface area contributed by atoms with E-state index < -0.39 is 0 Å². The Kier molecular flexibility index (Phi) is 4.52. The van der Waals surface area contributed by atoms with Crippen LogP contribution in [0.4, 0.5) is 0 Å². The third-order valence-corrected chi connectivity index (χ3v) is 4.82. The topological polar surface area (TPSA) is 17.1 Å². The molecule has 0 spiro atoms. The number of thioether (sulfide) groups is 1. The minimum atomic E-state index is 0.0317. The number of carbonyl (C=O) groups excluding carboxylic acids is 1. The van der Waals surface area contributed by atoms with Crippen LogP contribution in [0, 0.1) is 0 Å². The maximum Gasteiger partial charge on any atom is 0.161 e. The summed E-state index contributed by atoms with van der Waals surface area (Å²) in [4.78, 5) is 12.5. The molecule has 0 radical (unpaired) electrons. The number of ketones is 1. The lowest BCUT2D eigenvalue weighted by molar-refractivity contribution is 0.101. The van der Waals surface area contributed by atoms with Crippen LogP contribution in [0.5, 0.6) is 0 Å². The lowest BCUT2D eigenvalue weighted by Gasteiger charge is -2.21. The van der Waals surface area contributed by atoms with Crippen LogP contribution in [-0.2, 0) is 0 Å². The maximum absolute atomic E-state index is 11.3. The van der Waals surface area contributed by atoms with Gasteiger partial charge in [-0.3, -0.25) is 4.79 Å². The number of halogens is 1. The Morgan fingerprint density at radius 2 is 2.00 bits per heavy atom. The van der Waals surface area contributed by atoms with Gasteiger partial charge in [0.2, 0.25) is 0 Å². The van der Waals surface area contributed by atoms with Crippen molar-refractivity contribution in [2.24, 2.45) is 0 Å². The van der Waals surface area contributed by atoms with Gasteiger partial charge in [-0.15, -0.1) is 11.8 Å². The first-order valence-electron chi connectivity index (χ1n) is 6.14. The standard InChI is InChI=1S/C14H17ClOS/c1-10(16)13-8-7-12(9-14(13)15)17-11-5-3-2-4-6-11/h7-9,11H,2-6H2,1H3. The van der Waals surface area contributed by atoms with E-state index in [9.17, 15) is 4.79 Å². The summed E-state index contributed by atoms with van der Waals surface area (Å²) in [5.74, 6) is 0.0317. The van der Waals surface area contributed by atoms with Gasteiger partial charge in [0, 0.05) is 15.7 Å². The van der Waals surface area contributed by atoms with Gasteiger partial charge in [0.1, 0.15) is 0 Å². The summed E-state index contributed by atoms with van der Waals surface area (Å²) in [5.41, 5.74) is 0.625. The zero-order valence-electron chi connectivity index (χ0n) is 10.0. The largest absolute Gasteiger partial charge is 0.294 e. The van der Waals surface area contributed by atoms with E-state index in [-0.39, 0.29) is 5.78 Å². The predicted octanol–water partition coefficient (Wildman–Crippen LogP) is 4.97. The molecule has 1 aromatic rings. The van der Waals surface area contributed by atoms with Crippen molar-refractivity contribution < 1.29 is 4.79 Å². The van der Waals surface area contributed by atoms with E-state index >= 15 is 0 Å². The van der Waals surface area contributed by atoms with E-state index in [1.54, 1.807) is 6.92 Å². The Balaban J connectivity index is 2.06. The number of rotatable bonds is 3. The van der Waals surface area contributed by atoms with Crippen LogP contribution >= 0.6 is 23.4 Å². The van der Waals surface area contributed by atoms with E-state index in [4.69, 9.17) is 11.6 Å². The Morgan fingerprint density at radius 1 is 1.29 bits per heavy atom. The van der Waals surface area contributed by atoms with Crippen LogP contribution in [0.15, 0.2) is 23.1 Å². The number of Topliss-reactive ketones (excluding diaryl/α,β-unsaturated/α-hetero) is 1. The van der Waals surface area contributed by atoms with Crippen molar-refractivity contribution in [1.82, 2.24) is 0 Å². The molecule has 0 unspecified atom stereocenters. The molecule has 1 nitrogen and oxygen atoms in total. The molecule has 0 atom stereocenters. The molecule has 1 saturated carbocycles. The molecule has 0 aromatic heterocycles. The summed E-state index contributed by atoms with van der Waals surface area (Å²) in [6.07, 6.45) is 6.67. The lowest BCUT2D eigenvalue weighted by atomic mass is 10.0. The first kappa shape index (κ1) is 13.0. The first-order valence-corrected chi connectivity index (χ1v) is 7.40. The van der Waals surface area contributed by atoms with Gasteiger partial charge in [0.05, 0.1) is 5.02 Å². The second-order valence-corrected chi connectivity index (χ2v) is 6.36. The molecule has 1 aliphatic rings. The molecule has 1 aliphatic carbocycles. The second-order valence-electron chi connectivity index (χ2n) is 4.58. The molecule has 0 N–H and O–H groups in total. The molecular weight excluding hydrogens is 252 g/mol. The van der Waals surface area contributed by atoms with E-state index in [0.29, 0.717) is 10.6 Å². The van der Waals surface area contributed by atoms with Gasteiger partial charge in [-0.1, -0.05) is 30.9 Å². The highest BCUT2D eigenvalue weighted by Gasteiger charge is 2.15. The van der Waals surface area contributed by atoms with Gasteiger partial charge in [-0.2, -0.15) is 0 Å². The highest BCUT2D eigenvalue weighted by molar-refractivity contribution is 8.00. The SMILES string of the molecule is CC(=O)c1ccc(SC2CCCCC2)cc1Cl. The van der Waals surface area contributed by atoms with Gasteiger partial charge in [-0.25, -0.2) is 0 Å².